The molecule has 0 radical (unpaired) electrons. The Kier molecular flexibility index (Phi) is 16.6. The Bertz CT molecular complexity index is 2840. The standard InChI is InChI=1S/C45H41F5N6O15/c1-16(2)39(56-41(65)23(10-11-28(58)59)54-40(64)22(51)14-29(60)61)44(68)55-24(15-30(62)63)42(66)52-17-6-8-19-26(12-17)71-27-13-18(53-43(67)33-34(46)36(48)38(50)37(49)35(33)47)7-9-20(27)31(19)21-4-3-5-25(57)32(21)45(69)70/h3-9,12-13,16,22-24,31,39,57H,10-11,14-15,51H2,1-2H3,(H,52,66)(H,53,67)(H,54,64)(H,55,68)(H,56,65)(H,58,59)(H,60,61)(H,62,63)(H,69,70). The highest BCUT2D eigenvalue weighted by Gasteiger charge is 2.37. The first kappa shape index (κ1) is 53.3. The van der Waals surface area contributed by atoms with E-state index in [1.807, 2.05) is 5.32 Å². The van der Waals surface area contributed by atoms with Gasteiger partial charge in [-0.3, -0.25) is 38.4 Å². The molecular formula is C45H41F5N6O15. The third-order valence-corrected chi connectivity index (χ3v) is 10.7. The van der Waals surface area contributed by atoms with Crippen LogP contribution in [0.5, 0.6) is 17.2 Å². The van der Waals surface area contributed by atoms with E-state index in [2.05, 4.69) is 21.3 Å². The quantitative estimate of drug-likeness (QED) is 0.0302. The number of fused-ring (bicyclic) bond motifs is 2. The lowest BCUT2D eigenvalue weighted by atomic mass is 9.80. The number of carbonyl (C=O) groups is 9. The van der Waals surface area contributed by atoms with Crippen molar-refractivity contribution < 1.29 is 95.4 Å². The number of hydrogen-bond donors (Lipinski definition) is 11. The average molecular weight is 1000 g/mol. The van der Waals surface area contributed by atoms with Crippen molar-refractivity contribution in [1.82, 2.24) is 16.0 Å². The number of amides is 5. The van der Waals surface area contributed by atoms with Crippen molar-refractivity contribution in [3.63, 3.8) is 0 Å². The second kappa shape index (κ2) is 22.2. The van der Waals surface area contributed by atoms with E-state index >= 15 is 0 Å². The number of ether oxygens (including phenoxy) is 1. The first-order chi connectivity index (χ1) is 33.3. The zero-order valence-corrected chi connectivity index (χ0v) is 36.8. The molecule has 376 valence electrons. The molecule has 5 rings (SSSR count). The maximum absolute atomic E-state index is 14.5. The number of phenols is 1. The smallest absolute Gasteiger partial charge is 0.339 e. The number of carboxylic acid groups (broad SMARTS) is 4. The molecule has 1 aliphatic heterocycles. The topological polar surface area (TPSA) is 350 Å². The lowest BCUT2D eigenvalue weighted by Crippen LogP contribution is -2.59. The van der Waals surface area contributed by atoms with Crippen molar-refractivity contribution in [3.05, 3.63) is 112 Å². The highest BCUT2D eigenvalue weighted by molar-refractivity contribution is 6.05. The minimum absolute atomic E-state index is 0.0355. The molecule has 0 bridgehead atoms. The van der Waals surface area contributed by atoms with Crippen molar-refractivity contribution in [3.8, 4) is 17.2 Å². The van der Waals surface area contributed by atoms with Crippen LogP contribution in [0.15, 0.2) is 54.6 Å². The molecule has 4 aromatic carbocycles. The normalized spacial score (nSPS) is 14.2. The Morgan fingerprint density at radius 2 is 1.14 bits per heavy atom. The van der Waals surface area contributed by atoms with Gasteiger partial charge in [0, 0.05) is 47.0 Å². The molecule has 0 saturated heterocycles. The van der Waals surface area contributed by atoms with Gasteiger partial charge in [0.05, 0.1) is 18.9 Å². The Balaban J connectivity index is 1.45. The summed E-state index contributed by atoms with van der Waals surface area (Å²) in [6, 6.07) is 4.19. The van der Waals surface area contributed by atoms with E-state index in [0.717, 1.165) is 24.3 Å². The SMILES string of the molecule is CC(C)C(NC(=O)C(CCC(=O)O)NC(=O)C(N)CC(=O)O)C(=O)NC(CC(=O)O)C(=O)Nc1ccc2c(c1)Oc1cc(NC(=O)c3c(F)c(F)c(F)c(F)c3F)ccc1C2c1cccc(O)c1C(=O)O. The van der Waals surface area contributed by atoms with Crippen LogP contribution in [0.1, 0.15) is 82.9 Å². The summed E-state index contributed by atoms with van der Waals surface area (Å²) in [5, 5.41) is 59.7. The van der Waals surface area contributed by atoms with E-state index < -0.39 is 161 Å². The van der Waals surface area contributed by atoms with Gasteiger partial charge in [-0.15, -0.1) is 0 Å². The van der Waals surface area contributed by atoms with Gasteiger partial charge >= 0.3 is 23.9 Å². The molecule has 0 spiro atoms. The minimum atomic E-state index is -2.51. The third-order valence-electron chi connectivity index (χ3n) is 10.7. The molecule has 21 nitrogen and oxygen atoms in total. The van der Waals surface area contributed by atoms with Gasteiger partial charge in [0.25, 0.3) is 5.91 Å². The number of aromatic carboxylic acids is 1. The van der Waals surface area contributed by atoms with Crippen molar-refractivity contribution in [2.75, 3.05) is 10.6 Å². The number of nitrogens with two attached hydrogens (primary N) is 1. The van der Waals surface area contributed by atoms with Crippen LogP contribution in [0.25, 0.3) is 0 Å². The average Bonchev–Trinajstić information content (AvgIpc) is 3.28. The fourth-order valence-electron chi connectivity index (χ4n) is 7.29. The van der Waals surface area contributed by atoms with E-state index in [1.54, 1.807) is 0 Å². The van der Waals surface area contributed by atoms with Crippen molar-refractivity contribution in [1.29, 1.82) is 0 Å². The van der Waals surface area contributed by atoms with Crippen LogP contribution in [0.3, 0.4) is 0 Å². The van der Waals surface area contributed by atoms with Crippen LogP contribution < -0.4 is 37.1 Å². The summed E-state index contributed by atoms with van der Waals surface area (Å²) in [5.74, 6) is -27.5. The molecule has 1 heterocycles. The molecule has 26 heteroatoms. The highest BCUT2D eigenvalue weighted by atomic mass is 19.2. The van der Waals surface area contributed by atoms with Gasteiger partial charge in [-0.25, -0.2) is 26.7 Å². The molecule has 4 aromatic rings. The van der Waals surface area contributed by atoms with Crippen LogP contribution >= 0.6 is 0 Å². The highest BCUT2D eigenvalue weighted by Crippen LogP contribution is 2.50. The first-order valence-electron chi connectivity index (χ1n) is 20.8. The second-order valence-corrected chi connectivity index (χ2v) is 16.1. The number of hydrogen-bond acceptors (Lipinski definition) is 12. The lowest BCUT2D eigenvalue weighted by Gasteiger charge is -2.30. The summed E-state index contributed by atoms with van der Waals surface area (Å²) in [4.78, 5) is 113. The molecule has 0 aromatic heterocycles. The maximum Gasteiger partial charge on any atom is 0.339 e. The number of benzene rings is 4. The fourth-order valence-corrected chi connectivity index (χ4v) is 7.29. The summed E-state index contributed by atoms with van der Waals surface area (Å²) < 4.78 is 76.7. The third kappa shape index (κ3) is 12.3. The van der Waals surface area contributed by atoms with Crippen molar-refractivity contribution in [2.45, 2.75) is 69.6 Å². The number of aromatic hydroxyl groups is 1. The summed E-state index contributed by atoms with van der Waals surface area (Å²) in [5.41, 5.74) is 2.97. The van der Waals surface area contributed by atoms with Crippen LogP contribution in [0, 0.1) is 35.0 Å². The predicted molar refractivity (Wildman–Crippen MR) is 232 cm³/mol. The first-order valence-corrected chi connectivity index (χ1v) is 20.8. The number of halogens is 5. The van der Waals surface area contributed by atoms with Gasteiger partial charge in [0.2, 0.25) is 29.4 Å². The summed E-state index contributed by atoms with van der Waals surface area (Å²) in [6.45, 7) is 2.87. The largest absolute Gasteiger partial charge is 0.507 e. The van der Waals surface area contributed by atoms with Crippen LogP contribution in [-0.4, -0.2) is 103 Å². The van der Waals surface area contributed by atoms with E-state index in [-0.39, 0.29) is 39.6 Å². The van der Waals surface area contributed by atoms with Crippen LogP contribution in [0.2, 0.25) is 0 Å². The van der Waals surface area contributed by atoms with Gasteiger partial charge in [-0.05, 0) is 36.1 Å². The van der Waals surface area contributed by atoms with E-state index in [9.17, 15) is 85.5 Å². The Morgan fingerprint density at radius 3 is 1.66 bits per heavy atom. The number of aliphatic carboxylic acids is 3. The Hall–Kier alpha value is -8.68. The zero-order valence-electron chi connectivity index (χ0n) is 36.8. The molecule has 12 N–H and O–H groups in total. The van der Waals surface area contributed by atoms with Gasteiger partial charge < -0.3 is 62.6 Å². The van der Waals surface area contributed by atoms with Gasteiger partial charge in [0.15, 0.2) is 23.3 Å². The predicted octanol–water partition coefficient (Wildman–Crippen LogP) is 3.51. The Labute approximate surface area is 396 Å². The molecule has 1 aliphatic rings. The maximum atomic E-state index is 14.5. The molecule has 5 amide bonds. The number of carbonyl (C=O) groups excluding carboxylic acids is 5. The molecule has 71 heavy (non-hydrogen) atoms. The van der Waals surface area contributed by atoms with E-state index in [4.69, 9.17) is 15.6 Å². The monoisotopic (exact) mass is 1000 g/mol. The molecule has 5 atom stereocenters. The van der Waals surface area contributed by atoms with Crippen LogP contribution in [-0.2, 0) is 33.6 Å². The van der Waals surface area contributed by atoms with E-state index in [0.29, 0.717) is 0 Å². The van der Waals surface area contributed by atoms with Crippen molar-refractivity contribution in [2.24, 2.45) is 11.7 Å². The number of anilines is 2. The lowest BCUT2D eigenvalue weighted by molar-refractivity contribution is -0.141. The fraction of sp³-hybridized carbons (Fsp3) is 0.267. The van der Waals surface area contributed by atoms with Gasteiger partial charge in [0.1, 0.15) is 46.5 Å². The molecule has 0 aliphatic carbocycles. The minimum Gasteiger partial charge on any atom is -0.507 e. The van der Waals surface area contributed by atoms with Crippen molar-refractivity contribution >= 4 is 64.8 Å². The number of rotatable bonds is 20. The molecule has 0 fully saturated rings. The number of carboxylic acids is 4. The zero-order chi connectivity index (χ0) is 52.8. The van der Waals surface area contributed by atoms with Crippen LogP contribution in [0.4, 0.5) is 33.3 Å². The molecule has 0 saturated carbocycles. The summed E-state index contributed by atoms with van der Waals surface area (Å²) in [6.07, 6.45) is -3.13. The second-order valence-electron chi connectivity index (χ2n) is 16.1. The summed E-state index contributed by atoms with van der Waals surface area (Å²) >= 11 is 0. The Morgan fingerprint density at radius 1 is 0.606 bits per heavy atom. The molecule has 5 unspecified atom stereocenters. The summed E-state index contributed by atoms with van der Waals surface area (Å²) in [7, 11) is 0. The van der Waals surface area contributed by atoms with E-state index in [1.165, 1.54) is 44.2 Å². The number of nitrogens with one attached hydrogen (secondary N) is 5. The van der Waals surface area contributed by atoms with Gasteiger partial charge in [-0.1, -0.05) is 38.1 Å². The van der Waals surface area contributed by atoms with Gasteiger partial charge in [-0.2, -0.15) is 0 Å². The molecular weight excluding hydrogens is 960 g/mol.